The van der Waals surface area contributed by atoms with Crippen LogP contribution in [-0.4, -0.2) is 31.1 Å². The first-order chi connectivity index (χ1) is 8.84. The van der Waals surface area contributed by atoms with Crippen molar-refractivity contribution in [2.75, 3.05) is 26.2 Å². The Morgan fingerprint density at radius 3 is 2.61 bits per heavy atom. The van der Waals surface area contributed by atoms with Gasteiger partial charge < -0.3 is 5.32 Å². The van der Waals surface area contributed by atoms with Crippen molar-refractivity contribution in [3.05, 3.63) is 34.9 Å². The van der Waals surface area contributed by atoms with E-state index in [-0.39, 0.29) is 0 Å². The lowest BCUT2D eigenvalue weighted by molar-refractivity contribution is 0.0837. The second-order valence-electron chi connectivity index (χ2n) is 5.48. The van der Waals surface area contributed by atoms with Crippen LogP contribution in [0.3, 0.4) is 0 Å². The van der Waals surface area contributed by atoms with E-state index in [1.165, 1.54) is 24.8 Å². The van der Waals surface area contributed by atoms with Crippen LogP contribution in [0.25, 0.3) is 0 Å². The molecule has 1 heterocycles. The zero-order valence-corrected chi connectivity index (χ0v) is 11.5. The fraction of sp³-hybridized carbons (Fsp3) is 0.600. The van der Waals surface area contributed by atoms with Gasteiger partial charge in [0, 0.05) is 37.2 Å². The van der Waals surface area contributed by atoms with Crippen molar-refractivity contribution in [3.8, 4) is 0 Å². The lowest BCUT2D eigenvalue weighted by Crippen LogP contribution is -2.47. The average molecular weight is 265 g/mol. The van der Waals surface area contributed by atoms with Crippen LogP contribution in [0.4, 0.5) is 0 Å². The van der Waals surface area contributed by atoms with E-state index in [1.54, 1.807) is 0 Å². The number of nitrogens with zero attached hydrogens (tertiary/aromatic N) is 1. The van der Waals surface area contributed by atoms with Crippen molar-refractivity contribution in [1.82, 2.24) is 10.2 Å². The van der Waals surface area contributed by atoms with Gasteiger partial charge in [0.05, 0.1) is 0 Å². The van der Waals surface area contributed by atoms with Gasteiger partial charge in [0.15, 0.2) is 0 Å². The molecule has 1 aliphatic carbocycles. The van der Waals surface area contributed by atoms with E-state index in [0.717, 1.165) is 37.1 Å². The summed E-state index contributed by atoms with van der Waals surface area (Å²) in [5.74, 6) is 0.835. The Bertz CT molecular complexity index is 397. The van der Waals surface area contributed by atoms with Crippen LogP contribution < -0.4 is 5.32 Å². The van der Waals surface area contributed by atoms with Crippen LogP contribution in [0.1, 0.15) is 30.9 Å². The molecule has 0 radical (unpaired) electrons. The molecule has 18 heavy (non-hydrogen) atoms. The summed E-state index contributed by atoms with van der Waals surface area (Å²) in [6.45, 7) is 4.55. The van der Waals surface area contributed by atoms with Gasteiger partial charge in [-0.3, -0.25) is 4.90 Å². The van der Waals surface area contributed by atoms with Gasteiger partial charge in [-0.05, 0) is 36.5 Å². The molecule has 0 spiro atoms. The summed E-state index contributed by atoms with van der Waals surface area (Å²) in [6.07, 6.45) is 4.15. The van der Waals surface area contributed by atoms with E-state index < -0.39 is 0 Å². The first kappa shape index (κ1) is 12.5. The Kier molecular flexibility index (Phi) is 3.88. The van der Waals surface area contributed by atoms with Crippen molar-refractivity contribution in [1.29, 1.82) is 0 Å². The molecule has 2 fully saturated rings. The standard InChI is InChI=1S/C15H21ClN2/c16-14-6-2-5-13(11-14)15(12-3-1-4-12)18-9-7-17-8-10-18/h2,5-6,11-12,15,17H,1,3-4,7-10H2/t15-/m0/s1. The summed E-state index contributed by atoms with van der Waals surface area (Å²) in [7, 11) is 0. The fourth-order valence-electron chi connectivity index (χ4n) is 3.19. The minimum Gasteiger partial charge on any atom is -0.314 e. The summed E-state index contributed by atoms with van der Waals surface area (Å²) in [4.78, 5) is 2.64. The quantitative estimate of drug-likeness (QED) is 0.903. The molecule has 3 heteroatoms. The van der Waals surface area contributed by atoms with Crippen LogP contribution in [0.15, 0.2) is 24.3 Å². The van der Waals surface area contributed by atoms with E-state index in [9.17, 15) is 0 Å². The molecule has 1 N–H and O–H groups in total. The zero-order chi connectivity index (χ0) is 12.4. The van der Waals surface area contributed by atoms with Gasteiger partial charge in [-0.15, -0.1) is 0 Å². The number of hydrogen-bond acceptors (Lipinski definition) is 2. The minimum atomic E-state index is 0.583. The molecule has 2 aliphatic rings. The van der Waals surface area contributed by atoms with Gasteiger partial charge in [-0.25, -0.2) is 0 Å². The molecule has 0 amide bonds. The fourth-order valence-corrected chi connectivity index (χ4v) is 3.39. The molecule has 1 saturated carbocycles. The summed E-state index contributed by atoms with van der Waals surface area (Å²) in [5.41, 5.74) is 1.41. The second kappa shape index (κ2) is 5.60. The molecule has 1 aliphatic heterocycles. The van der Waals surface area contributed by atoms with Gasteiger partial charge in [-0.1, -0.05) is 30.2 Å². The van der Waals surface area contributed by atoms with Crippen LogP contribution >= 0.6 is 11.6 Å². The summed E-state index contributed by atoms with van der Waals surface area (Å²) < 4.78 is 0. The van der Waals surface area contributed by atoms with Gasteiger partial charge in [0.1, 0.15) is 0 Å². The maximum absolute atomic E-state index is 6.16. The molecule has 1 aromatic carbocycles. The van der Waals surface area contributed by atoms with E-state index >= 15 is 0 Å². The minimum absolute atomic E-state index is 0.583. The molecule has 0 bridgehead atoms. The van der Waals surface area contributed by atoms with Crippen molar-refractivity contribution in [2.45, 2.75) is 25.3 Å². The van der Waals surface area contributed by atoms with Crippen LogP contribution in [0.2, 0.25) is 5.02 Å². The number of rotatable bonds is 3. The molecule has 3 rings (SSSR count). The number of nitrogens with one attached hydrogen (secondary N) is 1. The van der Waals surface area contributed by atoms with E-state index in [0.29, 0.717) is 6.04 Å². The van der Waals surface area contributed by atoms with Gasteiger partial charge in [0.2, 0.25) is 0 Å². The molecule has 0 aromatic heterocycles. The highest BCUT2D eigenvalue weighted by Gasteiger charge is 2.33. The lowest BCUT2D eigenvalue weighted by atomic mass is 9.76. The molecule has 98 valence electrons. The molecule has 1 atom stereocenters. The van der Waals surface area contributed by atoms with Crippen LogP contribution in [0.5, 0.6) is 0 Å². The first-order valence-electron chi connectivity index (χ1n) is 7.05. The van der Waals surface area contributed by atoms with E-state index in [1.807, 2.05) is 6.07 Å². The maximum atomic E-state index is 6.16. The first-order valence-corrected chi connectivity index (χ1v) is 7.42. The van der Waals surface area contributed by atoms with Crippen LogP contribution in [0, 0.1) is 5.92 Å². The largest absolute Gasteiger partial charge is 0.314 e. The molecular weight excluding hydrogens is 244 g/mol. The number of halogens is 1. The highest BCUT2D eigenvalue weighted by molar-refractivity contribution is 6.30. The monoisotopic (exact) mass is 264 g/mol. The summed E-state index contributed by atoms with van der Waals surface area (Å²) in [6, 6.07) is 9.05. The Morgan fingerprint density at radius 2 is 2.00 bits per heavy atom. The molecule has 0 unspecified atom stereocenters. The maximum Gasteiger partial charge on any atom is 0.0409 e. The van der Waals surface area contributed by atoms with E-state index in [4.69, 9.17) is 11.6 Å². The average Bonchev–Trinajstić information content (AvgIpc) is 2.34. The Balaban J connectivity index is 1.84. The third-order valence-electron chi connectivity index (χ3n) is 4.33. The Hall–Kier alpha value is -0.570. The number of hydrogen-bond donors (Lipinski definition) is 1. The summed E-state index contributed by atoms with van der Waals surface area (Å²) in [5, 5.41) is 4.31. The Morgan fingerprint density at radius 1 is 1.22 bits per heavy atom. The predicted molar refractivity (Wildman–Crippen MR) is 76.0 cm³/mol. The van der Waals surface area contributed by atoms with Crippen molar-refractivity contribution in [2.24, 2.45) is 5.92 Å². The third kappa shape index (κ3) is 2.56. The summed E-state index contributed by atoms with van der Waals surface area (Å²) >= 11 is 6.16. The topological polar surface area (TPSA) is 15.3 Å². The molecular formula is C15H21ClN2. The third-order valence-corrected chi connectivity index (χ3v) is 4.57. The van der Waals surface area contributed by atoms with Crippen molar-refractivity contribution < 1.29 is 0 Å². The predicted octanol–water partition coefficient (Wildman–Crippen LogP) is 3.09. The number of piperazine rings is 1. The molecule has 1 saturated heterocycles. The highest BCUT2D eigenvalue weighted by atomic mass is 35.5. The van der Waals surface area contributed by atoms with Crippen molar-refractivity contribution >= 4 is 11.6 Å². The molecule has 1 aromatic rings. The van der Waals surface area contributed by atoms with Gasteiger partial charge >= 0.3 is 0 Å². The SMILES string of the molecule is Clc1cccc([C@H](C2CCC2)N2CCNCC2)c1. The number of benzene rings is 1. The molecule has 2 nitrogen and oxygen atoms in total. The van der Waals surface area contributed by atoms with E-state index in [2.05, 4.69) is 28.4 Å². The smallest absolute Gasteiger partial charge is 0.0409 e. The lowest BCUT2D eigenvalue weighted by Gasteiger charge is -2.43. The van der Waals surface area contributed by atoms with Crippen LogP contribution in [-0.2, 0) is 0 Å². The van der Waals surface area contributed by atoms with Gasteiger partial charge in [0.25, 0.3) is 0 Å². The normalized spacial score (nSPS) is 23.6. The second-order valence-corrected chi connectivity index (χ2v) is 5.91. The zero-order valence-electron chi connectivity index (χ0n) is 10.7. The Labute approximate surface area is 114 Å². The highest BCUT2D eigenvalue weighted by Crippen LogP contribution is 2.41. The van der Waals surface area contributed by atoms with Crippen molar-refractivity contribution in [3.63, 3.8) is 0 Å². The van der Waals surface area contributed by atoms with Gasteiger partial charge in [-0.2, -0.15) is 0 Å².